The van der Waals surface area contributed by atoms with E-state index in [0.29, 0.717) is 11.7 Å². The minimum atomic E-state index is -0.602. The van der Waals surface area contributed by atoms with Gasteiger partial charge < -0.3 is 20.5 Å². The Morgan fingerprint density at radius 1 is 1.33 bits per heavy atom. The predicted molar refractivity (Wildman–Crippen MR) is 85.8 cm³/mol. The molecule has 1 aliphatic heterocycles. The molecule has 0 radical (unpaired) electrons. The molecule has 0 bridgehead atoms. The van der Waals surface area contributed by atoms with E-state index in [4.69, 9.17) is 4.52 Å². The Kier molecular flexibility index (Phi) is 4.45. The summed E-state index contributed by atoms with van der Waals surface area (Å²) in [6.45, 7) is 4.15. The van der Waals surface area contributed by atoms with E-state index in [1.54, 1.807) is 0 Å². The molecule has 0 aliphatic carbocycles. The fourth-order valence-corrected chi connectivity index (χ4v) is 2.45. The predicted octanol–water partition coefficient (Wildman–Crippen LogP) is 1.23. The van der Waals surface area contributed by atoms with Crippen LogP contribution in [0.5, 0.6) is 0 Å². The van der Waals surface area contributed by atoms with Crippen LogP contribution in [-0.2, 0) is 4.79 Å². The van der Waals surface area contributed by atoms with Crippen LogP contribution in [0.25, 0.3) is 11.4 Å². The first-order chi connectivity index (χ1) is 11.5. The number of carbonyl (C=O) groups excluding carboxylic acids is 2. The van der Waals surface area contributed by atoms with Crippen molar-refractivity contribution in [3.05, 3.63) is 36.2 Å². The zero-order chi connectivity index (χ0) is 17.1. The highest BCUT2D eigenvalue weighted by molar-refractivity contribution is 5.90. The molecule has 0 spiro atoms. The highest BCUT2D eigenvalue weighted by Crippen LogP contribution is 2.23. The molecule has 0 saturated carbocycles. The lowest BCUT2D eigenvalue weighted by Gasteiger charge is -2.20. The van der Waals surface area contributed by atoms with Crippen LogP contribution in [0.3, 0.4) is 0 Å². The van der Waals surface area contributed by atoms with Crippen LogP contribution >= 0.6 is 0 Å². The van der Waals surface area contributed by atoms with Gasteiger partial charge in [-0.2, -0.15) is 4.98 Å². The van der Waals surface area contributed by atoms with Gasteiger partial charge in [0.05, 0.1) is 0 Å². The van der Waals surface area contributed by atoms with E-state index in [9.17, 15) is 9.59 Å². The van der Waals surface area contributed by atoms with Gasteiger partial charge in [0.2, 0.25) is 17.6 Å². The molecular weight excluding hydrogens is 310 g/mol. The summed E-state index contributed by atoms with van der Waals surface area (Å²) in [4.78, 5) is 27.9. The Bertz CT molecular complexity index is 728. The minimum Gasteiger partial charge on any atom is -0.342 e. The van der Waals surface area contributed by atoms with Crippen molar-refractivity contribution in [1.29, 1.82) is 0 Å². The van der Waals surface area contributed by atoms with Gasteiger partial charge in [-0.1, -0.05) is 49.3 Å². The average molecular weight is 329 g/mol. The zero-order valence-corrected chi connectivity index (χ0v) is 13.4. The molecule has 126 valence electrons. The molecule has 1 aliphatic rings. The fraction of sp³-hybridized carbons (Fsp3) is 0.375. The standard InChI is InChI=1S/C16H19N5O3/c1-9(2)12(19-14(22)11-8-17-16(23)18-11)15-20-13(21-24-15)10-6-4-3-5-7-10/h3-7,9,11-12H,8H2,1-2H3,(H,19,22)(H2,17,18,23)/t11-,12-/m1/s1. The van der Waals surface area contributed by atoms with Crippen molar-refractivity contribution < 1.29 is 14.1 Å². The van der Waals surface area contributed by atoms with Crippen LogP contribution < -0.4 is 16.0 Å². The van der Waals surface area contributed by atoms with Gasteiger partial charge >= 0.3 is 6.03 Å². The van der Waals surface area contributed by atoms with Gasteiger partial charge in [-0.3, -0.25) is 4.79 Å². The lowest BCUT2D eigenvalue weighted by molar-refractivity contribution is -0.123. The van der Waals surface area contributed by atoms with Crippen LogP contribution in [0.2, 0.25) is 0 Å². The maximum atomic E-state index is 12.3. The molecule has 0 unspecified atom stereocenters. The number of rotatable bonds is 5. The molecule has 1 aromatic heterocycles. The first-order valence-corrected chi connectivity index (χ1v) is 7.78. The normalized spacial score (nSPS) is 18.1. The summed E-state index contributed by atoms with van der Waals surface area (Å²) in [5, 5.41) is 12.0. The monoisotopic (exact) mass is 329 g/mol. The third kappa shape index (κ3) is 3.37. The molecule has 2 aromatic rings. The van der Waals surface area contributed by atoms with Gasteiger partial charge in [0.15, 0.2) is 0 Å². The smallest absolute Gasteiger partial charge is 0.315 e. The quantitative estimate of drug-likeness (QED) is 0.764. The number of amides is 3. The second-order valence-corrected chi connectivity index (χ2v) is 5.96. The Labute approximate surface area is 139 Å². The summed E-state index contributed by atoms with van der Waals surface area (Å²) < 4.78 is 5.35. The number of hydrogen-bond donors (Lipinski definition) is 3. The van der Waals surface area contributed by atoms with Gasteiger partial charge in [-0.15, -0.1) is 0 Å². The second-order valence-electron chi connectivity index (χ2n) is 5.96. The summed E-state index contributed by atoms with van der Waals surface area (Å²) in [5.41, 5.74) is 0.841. The van der Waals surface area contributed by atoms with Crippen molar-refractivity contribution in [2.24, 2.45) is 5.92 Å². The Morgan fingerprint density at radius 2 is 2.08 bits per heavy atom. The van der Waals surface area contributed by atoms with Crippen molar-refractivity contribution in [2.45, 2.75) is 25.9 Å². The number of benzene rings is 1. The van der Waals surface area contributed by atoms with E-state index in [2.05, 4.69) is 26.1 Å². The summed E-state index contributed by atoms with van der Waals surface area (Å²) in [5.74, 6) is 0.574. The summed E-state index contributed by atoms with van der Waals surface area (Å²) in [7, 11) is 0. The highest BCUT2D eigenvalue weighted by Gasteiger charge is 2.31. The second kappa shape index (κ2) is 6.69. The SMILES string of the molecule is CC(C)[C@@H](NC(=O)[C@H]1CNC(=O)N1)c1nc(-c2ccccc2)no1. The van der Waals surface area contributed by atoms with Gasteiger partial charge in [0, 0.05) is 12.1 Å². The average Bonchev–Trinajstić information content (AvgIpc) is 3.22. The molecular formula is C16H19N5O3. The van der Waals surface area contributed by atoms with Crippen LogP contribution in [0, 0.1) is 5.92 Å². The van der Waals surface area contributed by atoms with Gasteiger partial charge in [-0.25, -0.2) is 4.79 Å². The molecule has 2 atom stereocenters. The van der Waals surface area contributed by atoms with E-state index >= 15 is 0 Å². The van der Waals surface area contributed by atoms with Gasteiger partial charge in [0.25, 0.3) is 0 Å². The Morgan fingerprint density at radius 3 is 2.71 bits per heavy atom. The van der Waals surface area contributed by atoms with Crippen LogP contribution in [-0.4, -0.2) is 34.7 Å². The summed E-state index contributed by atoms with van der Waals surface area (Å²) in [6.07, 6.45) is 0. The van der Waals surface area contributed by atoms with Crippen molar-refractivity contribution in [3.8, 4) is 11.4 Å². The van der Waals surface area contributed by atoms with E-state index in [0.717, 1.165) is 5.56 Å². The summed E-state index contributed by atoms with van der Waals surface area (Å²) >= 11 is 0. The molecule has 24 heavy (non-hydrogen) atoms. The van der Waals surface area contributed by atoms with E-state index in [-0.39, 0.29) is 24.4 Å². The van der Waals surface area contributed by atoms with Gasteiger partial charge in [-0.05, 0) is 5.92 Å². The largest absolute Gasteiger partial charge is 0.342 e. The maximum Gasteiger partial charge on any atom is 0.315 e. The third-order valence-corrected chi connectivity index (χ3v) is 3.79. The zero-order valence-electron chi connectivity index (χ0n) is 13.4. The lowest BCUT2D eigenvalue weighted by Crippen LogP contribution is -2.45. The number of aromatic nitrogens is 2. The molecule has 3 amide bonds. The maximum absolute atomic E-state index is 12.3. The Hall–Kier alpha value is -2.90. The number of carbonyl (C=O) groups is 2. The molecule has 3 N–H and O–H groups in total. The first kappa shape index (κ1) is 16.0. The summed E-state index contributed by atoms with van der Waals surface area (Å²) in [6, 6.07) is 8.09. The van der Waals surface area contributed by atoms with Crippen LogP contribution in [0.1, 0.15) is 25.8 Å². The molecule has 3 rings (SSSR count). The Balaban J connectivity index is 1.75. The number of hydrogen-bond acceptors (Lipinski definition) is 5. The fourth-order valence-electron chi connectivity index (χ4n) is 2.45. The molecule has 1 aromatic carbocycles. The van der Waals surface area contributed by atoms with Crippen LogP contribution in [0.15, 0.2) is 34.9 Å². The first-order valence-electron chi connectivity index (χ1n) is 7.78. The topological polar surface area (TPSA) is 109 Å². The molecule has 2 heterocycles. The van der Waals surface area contributed by atoms with Gasteiger partial charge in [0.1, 0.15) is 12.1 Å². The van der Waals surface area contributed by atoms with E-state index in [1.807, 2.05) is 44.2 Å². The van der Waals surface area contributed by atoms with E-state index in [1.165, 1.54) is 0 Å². The minimum absolute atomic E-state index is 0.0445. The lowest BCUT2D eigenvalue weighted by atomic mass is 10.0. The van der Waals surface area contributed by atoms with Crippen molar-refractivity contribution in [1.82, 2.24) is 26.1 Å². The number of nitrogens with one attached hydrogen (secondary N) is 3. The highest BCUT2D eigenvalue weighted by atomic mass is 16.5. The van der Waals surface area contributed by atoms with E-state index < -0.39 is 12.1 Å². The van der Waals surface area contributed by atoms with Crippen molar-refractivity contribution in [2.75, 3.05) is 6.54 Å². The molecule has 1 saturated heterocycles. The third-order valence-electron chi connectivity index (χ3n) is 3.79. The van der Waals surface area contributed by atoms with Crippen LogP contribution in [0.4, 0.5) is 4.79 Å². The molecule has 8 heteroatoms. The van der Waals surface area contributed by atoms with Crippen molar-refractivity contribution in [3.63, 3.8) is 0 Å². The number of nitrogens with zero attached hydrogens (tertiary/aromatic N) is 2. The number of urea groups is 1. The molecule has 8 nitrogen and oxygen atoms in total. The molecule has 1 fully saturated rings. The van der Waals surface area contributed by atoms with Crippen molar-refractivity contribution >= 4 is 11.9 Å².